The highest BCUT2D eigenvalue weighted by molar-refractivity contribution is 5.80. The first-order chi connectivity index (χ1) is 12.3. The van der Waals surface area contributed by atoms with E-state index in [0.717, 1.165) is 64.5 Å². The minimum absolute atomic E-state index is 0.0568. The SMILES string of the molecule is CC/C=C\C/C=C\C/C=C\CCCCCCC(O)C(=O)N1CCCC1. The number of likely N-dealkylation sites (tertiary alicyclic amines) is 1. The van der Waals surface area contributed by atoms with E-state index >= 15 is 0 Å². The average Bonchev–Trinajstić information content (AvgIpc) is 3.15. The summed E-state index contributed by atoms with van der Waals surface area (Å²) in [6, 6.07) is 0. The van der Waals surface area contributed by atoms with Gasteiger partial charge in [0.25, 0.3) is 5.91 Å². The summed E-state index contributed by atoms with van der Waals surface area (Å²) in [6.45, 7) is 3.80. The Kier molecular flexibility index (Phi) is 13.0. The van der Waals surface area contributed by atoms with Crippen LogP contribution in [0.15, 0.2) is 36.5 Å². The quantitative estimate of drug-likeness (QED) is 0.369. The molecule has 0 saturated carbocycles. The lowest BCUT2D eigenvalue weighted by Crippen LogP contribution is -2.37. The number of amides is 1. The Balaban J connectivity index is 1.91. The van der Waals surface area contributed by atoms with Gasteiger partial charge in [0.1, 0.15) is 6.10 Å². The van der Waals surface area contributed by atoms with Crippen molar-refractivity contribution < 1.29 is 9.90 Å². The molecule has 1 fully saturated rings. The number of hydrogen-bond donors (Lipinski definition) is 1. The first-order valence-corrected chi connectivity index (χ1v) is 10.2. The molecule has 1 rings (SSSR count). The highest BCUT2D eigenvalue weighted by atomic mass is 16.3. The van der Waals surface area contributed by atoms with E-state index in [2.05, 4.69) is 43.4 Å². The van der Waals surface area contributed by atoms with Crippen molar-refractivity contribution in [1.82, 2.24) is 4.90 Å². The molecule has 1 N–H and O–H groups in total. The fourth-order valence-electron chi connectivity index (χ4n) is 3.05. The normalized spacial score (nSPS) is 16.6. The topological polar surface area (TPSA) is 40.5 Å². The fraction of sp³-hybridized carbons (Fsp3) is 0.682. The maximum atomic E-state index is 12.0. The van der Waals surface area contributed by atoms with Crippen LogP contribution in [0.2, 0.25) is 0 Å². The van der Waals surface area contributed by atoms with E-state index in [1.807, 2.05) is 4.90 Å². The van der Waals surface area contributed by atoms with Crippen molar-refractivity contribution in [1.29, 1.82) is 0 Å². The third-order valence-electron chi connectivity index (χ3n) is 4.58. The second-order valence-electron chi connectivity index (χ2n) is 6.83. The van der Waals surface area contributed by atoms with Crippen LogP contribution < -0.4 is 0 Å². The number of aliphatic hydroxyl groups excluding tert-OH is 1. The van der Waals surface area contributed by atoms with Crippen LogP contribution in [-0.2, 0) is 4.79 Å². The van der Waals surface area contributed by atoms with Crippen molar-refractivity contribution >= 4 is 5.91 Å². The molecule has 142 valence electrons. The average molecular weight is 348 g/mol. The lowest BCUT2D eigenvalue weighted by Gasteiger charge is -2.19. The molecule has 0 aromatic heterocycles. The van der Waals surface area contributed by atoms with E-state index < -0.39 is 6.10 Å². The largest absolute Gasteiger partial charge is 0.383 e. The van der Waals surface area contributed by atoms with Gasteiger partial charge in [0.05, 0.1) is 0 Å². The molecule has 0 aromatic rings. The summed E-state index contributed by atoms with van der Waals surface area (Å²) in [4.78, 5) is 13.8. The molecule has 1 unspecified atom stereocenters. The minimum Gasteiger partial charge on any atom is -0.383 e. The van der Waals surface area contributed by atoms with Crippen LogP contribution in [0, 0.1) is 0 Å². The van der Waals surface area contributed by atoms with Gasteiger partial charge in [0.15, 0.2) is 0 Å². The lowest BCUT2D eigenvalue weighted by molar-refractivity contribution is -0.139. The van der Waals surface area contributed by atoms with E-state index in [1.165, 1.54) is 12.8 Å². The van der Waals surface area contributed by atoms with E-state index in [4.69, 9.17) is 0 Å². The number of carbonyl (C=O) groups excluding carboxylic acids is 1. The number of nitrogens with zero attached hydrogens (tertiary/aromatic N) is 1. The zero-order chi connectivity index (χ0) is 18.2. The smallest absolute Gasteiger partial charge is 0.251 e. The summed E-state index contributed by atoms with van der Waals surface area (Å²) >= 11 is 0. The molecule has 1 amide bonds. The van der Waals surface area contributed by atoms with Gasteiger partial charge >= 0.3 is 0 Å². The number of unbranched alkanes of at least 4 members (excludes halogenated alkanes) is 4. The Morgan fingerprint density at radius 1 is 0.920 bits per heavy atom. The van der Waals surface area contributed by atoms with Gasteiger partial charge in [-0.3, -0.25) is 4.79 Å². The molecule has 0 aliphatic carbocycles. The highest BCUT2D eigenvalue weighted by Crippen LogP contribution is 2.13. The third kappa shape index (κ3) is 11.0. The molecule has 0 aromatic carbocycles. The Morgan fingerprint density at radius 3 is 2.20 bits per heavy atom. The van der Waals surface area contributed by atoms with E-state index in [-0.39, 0.29) is 5.91 Å². The summed E-state index contributed by atoms with van der Waals surface area (Å²) in [6.07, 6.45) is 24.0. The molecule has 0 spiro atoms. The van der Waals surface area contributed by atoms with Crippen LogP contribution >= 0.6 is 0 Å². The Labute approximate surface area is 154 Å². The lowest BCUT2D eigenvalue weighted by atomic mass is 10.1. The molecule has 1 saturated heterocycles. The van der Waals surface area contributed by atoms with Crippen LogP contribution in [-0.4, -0.2) is 35.1 Å². The fourth-order valence-corrected chi connectivity index (χ4v) is 3.05. The van der Waals surface area contributed by atoms with Gasteiger partial charge in [-0.1, -0.05) is 62.6 Å². The van der Waals surface area contributed by atoms with Crippen molar-refractivity contribution in [3.05, 3.63) is 36.5 Å². The molecule has 25 heavy (non-hydrogen) atoms. The summed E-state index contributed by atoms with van der Waals surface area (Å²) in [5, 5.41) is 9.96. The summed E-state index contributed by atoms with van der Waals surface area (Å²) < 4.78 is 0. The van der Waals surface area contributed by atoms with E-state index in [1.54, 1.807) is 0 Å². The molecular weight excluding hydrogens is 310 g/mol. The molecule has 1 aliphatic rings. The number of hydrogen-bond acceptors (Lipinski definition) is 2. The van der Waals surface area contributed by atoms with Crippen LogP contribution in [0.5, 0.6) is 0 Å². The number of carbonyl (C=O) groups is 1. The molecule has 0 bridgehead atoms. The summed E-state index contributed by atoms with van der Waals surface area (Å²) in [5.74, 6) is -0.0568. The van der Waals surface area contributed by atoms with Crippen LogP contribution in [0.1, 0.15) is 77.6 Å². The molecule has 0 radical (unpaired) electrons. The monoisotopic (exact) mass is 347 g/mol. The Hall–Kier alpha value is -1.35. The van der Waals surface area contributed by atoms with Gasteiger partial charge in [-0.2, -0.15) is 0 Å². The zero-order valence-corrected chi connectivity index (χ0v) is 16.0. The van der Waals surface area contributed by atoms with Gasteiger partial charge in [-0.05, 0) is 51.4 Å². The predicted octanol–water partition coefficient (Wildman–Crippen LogP) is 5.17. The van der Waals surface area contributed by atoms with Gasteiger partial charge in [0, 0.05) is 13.1 Å². The van der Waals surface area contributed by atoms with Crippen LogP contribution in [0.25, 0.3) is 0 Å². The zero-order valence-electron chi connectivity index (χ0n) is 16.0. The minimum atomic E-state index is -0.781. The van der Waals surface area contributed by atoms with Crippen molar-refractivity contribution in [2.75, 3.05) is 13.1 Å². The Morgan fingerprint density at radius 2 is 1.52 bits per heavy atom. The molecule has 3 nitrogen and oxygen atoms in total. The van der Waals surface area contributed by atoms with Gasteiger partial charge in [-0.15, -0.1) is 0 Å². The van der Waals surface area contributed by atoms with Crippen molar-refractivity contribution in [2.24, 2.45) is 0 Å². The number of aliphatic hydroxyl groups is 1. The highest BCUT2D eigenvalue weighted by Gasteiger charge is 2.23. The van der Waals surface area contributed by atoms with Crippen LogP contribution in [0.3, 0.4) is 0 Å². The predicted molar refractivity (Wildman–Crippen MR) is 106 cm³/mol. The molecular formula is C22H37NO2. The molecule has 1 aliphatic heterocycles. The van der Waals surface area contributed by atoms with Crippen molar-refractivity contribution in [3.8, 4) is 0 Å². The summed E-state index contributed by atoms with van der Waals surface area (Å²) in [5.41, 5.74) is 0. The van der Waals surface area contributed by atoms with Crippen LogP contribution in [0.4, 0.5) is 0 Å². The maximum Gasteiger partial charge on any atom is 0.251 e. The second-order valence-corrected chi connectivity index (χ2v) is 6.83. The number of rotatable bonds is 13. The Bertz CT molecular complexity index is 420. The molecule has 1 heterocycles. The van der Waals surface area contributed by atoms with E-state index in [9.17, 15) is 9.90 Å². The van der Waals surface area contributed by atoms with Crippen molar-refractivity contribution in [2.45, 2.75) is 83.7 Å². The second kappa shape index (κ2) is 14.9. The maximum absolute atomic E-state index is 12.0. The molecule has 3 heteroatoms. The standard InChI is InChI=1S/C22H37NO2/c1-2-3-4-5-6-7-8-9-10-11-12-13-14-15-18-21(24)22(25)23-19-16-17-20-23/h3-4,6-7,9-10,21,24H,2,5,8,11-20H2,1H3/b4-3-,7-6-,10-9-. The summed E-state index contributed by atoms with van der Waals surface area (Å²) in [7, 11) is 0. The van der Waals surface area contributed by atoms with E-state index in [0.29, 0.717) is 6.42 Å². The van der Waals surface area contributed by atoms with Crippen molar-refractivity contribution in [3.63, 3.8) is 0 Å². The first kappa shape index (κ1) is 21.7. The third-order valence-corrected chi connectivity index (χ3v) is 4.58. The molecule has 1 atom stereocenters. The number of allylic oxidation sites excluding steroid dienone is 6. The van der Waals surface area contributed by atoms with Gasteiger partial charge in [-0.25, -0.2) is 0 Å². The first-order valence-electron chi connectivity index (χ1n) is 10.2. The van der Waals surface area contributed by atoms with Gasteiger partial charge < -0.3 is 10.0 Å². The van der Waals surface area contributed by atoms with Gasteiger partial charge in [0.2, 0.25) is 0 Å².